The highest BCUT2D eigenvalue weighted by Gasteiger charge is 2.06. The summed E-state index contributed by atoms with van der Waals surface area (Å²) in [5.74, 6) is 0.922. The molecule has 0 aliphatic rings. The third-order valence-corrected chi connectivity index (χ3v) is 1.67. The highest BCUT2D eigenvalue weighted by molar-refractivity contribution is 7.98. The first-order chi connectivity index (χ1) is 5.16. The molecule has 0 aromatic carbocycles. The Bertz CT molecular complexity index is 122. The molecule has 0 bridgehead atoms. The fourth-order valence-corrected chi connectivity index (χ4v) is 0.894. The van der Waals surface area contributed by atoms with Gasteiger partial charge in [0.15, 0.2) is 0 Å². The zero-order valence-corrected chi connectivity index (χ0v) is 7.26. The molecular weight excluding hydrogens is 166 g/mol. The zero-order valence-electron chi connectivity index (χ0n) is 6.45. The standard InChI is InChI=1S/C5H13N3O2S/c1-11-3-2-7-5(6)4-8(9)10/h5,7H,2-4,6H2,1H3. The fraction of sp³-hybridized carbons (Fsp3) is 1.00. The van der Waals surface area contributed by atoms with Crippen molar-refractivity contribution in [3.8, 4) is 0 Å². The maximum Gasteiger partial charge on any atom is 0.231 e. The summed E-state index contributed by atoms with van der Waals surface area (Å²) in [5, 5.41) is 12.8. The molecule has 0 aromatic heterocycles. The highest BCUT2D eigenvalue weighted by atomic mass is 32.2. The molecule has 0 heterocycles. The average molecular weight is 179 g/mol. The highest BCUT2D eigenvalue weighted by Crippen LogP contribution is 1.87. The number of hydrogen-bond acceptors (Lipinski definition) is 5. The number of nitrogens with two attached hydrogens (primary N) is 1. The first-order valence-electron chi connectivity index (χ1n) is 3.26. The molecule has 1 atom stereocenters. The molecule has 0 rings (SSSR count). The van der Waals surface area contributed by atoms with Crippen molar-refractivity contribution in [3.05, 3.63) is 10.1 Å². The molecule has 11 heavy (non-hydrogen) atoms. The van der Waals surface area contributed by atoms with E-state index in [9.17, 15) is 10.1 Å². The zero-order chi connectivity index (χ0) is 8.69. The van der Waals surface area contributed by atoms with Gasteiger partial charge in [-0.05, 0) is 6.26 Å². The van der Waals surface area contributed by atoms with E-state index in [2.05, 4.69) is 5.32 Å². The summed E-state index contributed by atoms with van der Waals surface area (Å²) in [4.78, 5) is 9.50. The number of thioether (sulfide) groups is 1. The van der Waals surface area contributed by atoms with Crippen molar-refractivity contribution in [3.63, 3.8) is 0 Å². The molecule has 5 nitrogen and oxygen atoms in total. The van der Waals surface area contributed by atoms with E-state index in [1.807, 2.05) is 6.26 Å². The van der Waals surface area contributed by atoms with Gasteiger partial charge in [-0.25, -0.2) is 0 Å². The first-order valence-corrected chi connectivity index (χ1v) is 4.66. The van der Waals surface area contributed by atoms with E-state index in [-0.39, 0.29) is 6.54 Å². The summed E-state index contributed by atoms with van der Waals surface area (Å²) in [7, 11) is 0. The van der Waals surface area contributed by atoms with Gasteiger partial charge in [-0.1, -0.05) is 0 Å². The molecule has 0 aliphatic heterocycles. The van der Waals surface area contributed by atoms with Crippen LogP contribution in [0.5, 0.6) is 0 Å². The SMILES string of the molecule is CSCCNC(N)C[N+](=O)[O-]. The summed E-state index contributed by atoms with van der Waals surface area (Å²) in [6.45, 7) is 0.505. The van der Waals surface area contributed by atoms with Crippen molar-refractivity contribution < 1.29 is 4.92 Å². The maximum atomic E-state index is 9.92. The molecule has 0 spiro atoms. The van der Waals surface area contributed by atoms with E-state index in [0.29, 0.717) is 0 Å². The van der Waals surface area contributed by atoms with Gasteiger partial charge in [-0.3, -0.25) is 15.4 Å². The largest absolute Gasteiger partial charge is 0.310 e. The molecule has 0 amide bonds. The number of nitrogens with zero attached hydrogens (tertiary/aromatic N) is 1. The van der Waals surface area contributed by atoms with Gasteiger partial charge in [0, 0.05) is 17.2 Å². The third-order valence-electron chi connectivity index (χ3n) is 1.06. The lowest BCUT2D eigenvalue weighted by Crippen LogP contribution is -2.43. The molecule has 6 heteroatoms. The fourth-order valence-electron chi connectivity index (χ4n) is 0.572. The lowest BCUT2D eigenvalue weighted by atomic mass is 10.5. The predicted molar refractivity (Wildman–Crippen MR) is 46.2 cm³/mol. The maximum absolute atomic E-state index is 9.92. The molecule has 3 N–H and O–H groups in total. The minimum absolute atomic E-state index is 0.214. The van der Waals surface area contributed by atoms with E-state index in [0.717, 1.165) is 12.3 Å². The summed E-state index contributed by atoms with van der Waals surface area (Å²) < 4.78 is 0. The second-order valence-electron chi connectivity index (χ2n) is 2.07. The van der Waals surface area contributed by atoms with Crippen LogP contribution in [0.1, 0.15) is 0 Å². The van der Waals surface area contributed by atoms with Crippen molar-refractivity contribution >= 4 is 11.8 Å². The van der Waals surface area contributed by atoms with E-state index in [4.69, 9.17) is 5.73 Å². The van der Waals surface area contributed by atoms with Crippen molar-refractivity contribution in [1.29, 1.82) is 0 Å². The van der Waals surface area contributed by atoms with Crippen LogP contribution in [-0.4, -0.2) is 36.2 Å². The van der Waals surface area contributed by atoms with Crippen LogP contribution in [0.2, 0.25) is 0 Å². The van der Waals surface area contributed by atoms with Crippen LogP contribution in [-0.2, 0) is 0 Å². The van der Waals surface area contributed by atoms with Gasteiger partial charge in [0.05, 0.1) is 0 Å². The quantitative estimate of drug-likeness (QED) is 0.249. The average Bonchev–Trinajstić information content (AvgIpc) is 1.86. The van der Waals surface area contributed by atoms with Crippen molar-refractivity contribution in [2.24, 2.45) is 5.73 Å². The summed E-state index contributed by atoms with van der Waals surface area (Å²) in [6.07, 6.45) is 1.46. The Morgan fingerprint density at radius 2 is 2.45 bits per heavy atom. The van der Waals surface area contributed by atoms with E-state index in [1.54, 1.807) is 11.8 Å². The van der Waals surface area contributed by atoms with Crippen molar-refractivity contribution in [2.75, 3.05) is 25.1 Å². The minimum atomic E-state index is -0.517. The van der Waals surface area contributed by atoms with Gasteiger partial charge in [-0.2, -0.15) is 11.8 Å². The first kappa shape index (κ1) is 10.7. The van der Waals surface area contributed by atoms with E-state index >= 15 is 0 Å². The lowest BCUT2D eigenvalue weighted by Gasteiger charge is -2.07. The van der Waals surface area contributed by atoms with Gasteiger partial charge in [0.2, 0.25) is 6.54 Å². The lowest BCUT2D eigenvalue weighted by molar-refractivity contribution is -0.483. The normalized spacial score (nSPS) is 12.9. The molecule has 0 radical (unpaired) electrons. The van der Waals surface area contributed by atoms with Crippen LogP contribution in [0.3, 0.4) is 0 Å². The second kappa shape index (κ2) is 6.38. The van der Waals surface area contributed by atoms with Crippen molar-refractivity contribution in [1.82, 2.24) is 5.32 Å². The third kappa shape index (κ3) is 7.57. The van der Waals surface area contributed by atoms with Crippen LogP contribution < -0.4 is 11.1 Å². The number of nitrogens with one attached hydrogen (secondary N) is 1. The number of rotatable bonds is 6. The molecule has 1 unspecified atom stereocenters. The summed E-state index contributed by atoms with van der Waals surface area (Å²) in [6, 6.07) is 0. The van der Waals surface area contributed by atoms with Gasteiger partial charge in [0.25, 0.3) is 0 Å². The molecule has 0 saturated heterocycles. The monoisotopic (exact) mass is 179 g/mol. The van der Waals surface area contributed by atoms with Crippen LogP contribution in [0.4, 0.5) is 0 Å². The summed E-state index contributed by atoms with van der Waals surface area (Å²) in [5.41, 5.74) is 5.35. The van der Waals surface area contributed by atoms with Gasteiger partial charge >= 0.3 is 0 Å². The Morgan fingerprint density at radius 3 is 2.91 bits per heavy atom. The number of nitro groups is 1. The van der Waals surface area contributed by atoms with Crippen LogP contribution in [0.25, 0.3) is 0 Å². The van der Waals surface area contributed by atoms with Crippen LogP contribution in [0.15, 0.2) is 0 Å². The van der Waals surface area contributed by atoms with E-state index < -0.39 is 11.1 Å². The molecular formula is C5H13N3O2S. The topological polar surface area (TPSA) is 81.2 Å². The molecule has 0 aliphatic carbocycles. The molecule has 66 valence electrons. The Labute approximate surface area is 69.9 Å². The van der Waals surface area contributed by atoms with Gasteiger partial charge in [-0.15, -0.1) is 0 Å². The predicted octanol–water partition coefficient (Wildman–Crippen LogP) is -0.499. The molecule has 0 saturated carbocycles. The Balaban J connectivity index is 3.22. The Kier molecular flexibility index (Phi) is 6.19. The van der Waals surface area contributed by atoms with Crippen LogP contribution >= 0.6 is 11.8 Å². The second-order valence-corrected chi connectivity index (χ2v) is 3.05. The smallest absolute Gasteiger partial charge is 0.231 e. The number of hydrogen-bond donors (Lipinski definition) is 2. The Hall–Kier alpha value is -0.330. The van der Waals surface area contributed by atoms with Gasteiger partial charge < -0.3 is 5.73 Å². The summed E-state index contributed by atoms with van der Waals surface area (Å²) >= 11 is 1.67. The van der Waals surface area contributed by atoms with Gasteiger partial charge in [0.1, 0.15) is 6.17 Å². The van der Waals surface area contributed by atoms with E-state index in [1.165, 1.54) is 0 Å². The van der Waals surface area contributed by atoms with Crippen molar-refractivity contribution in [2.45, 2.75) is 6.17 Å². The van der Waals surface area contributed by atoms with Crippen LogP contribution in [0, 0.1) is 10.1 Å². The minimum Gasteiger partial charge on any atom is -0.310 e. The molecule has 0 aromatic rings. The Morgan fingerprint density at radius 1 is 1.82 bits per heavy atom. The molecule has 0 fully saturated rings.